The molecule has 1 amide bonds. The number of hydrogen-bond donors (Lipinski definition) is 1. The van der Waals surface area contributed by atoms with Gasteiger partial charge in [0.2, 0.25) is 0 Å². The van der Waals surface area contributed by atoms with Crippen LogP contribution in [0.1, 0.15) is 55.6 Å². The average Bonchev–Trinajstić information content (AvgIpc) is 3.16. The SMILES string of the molecule is CCCc1cc(C(=O)NCC2(CC)CC2)cc(Cl)n1. The largest absolute Gasteiger partial charge is 0.351 e. The summed E-state index contributed by atoms with van der Waals surface area (Å²) in [5, 5.41) is 3.42. The molecule has 0 spiro atoms. The molecule has 1 heterocycles. The summed E-state index contributed by atoms with van der Waals surface area (Å²) in [5.74, 6) is -0.0404. The van der Waals surface area contributed by atoms with E-state index in [4.69, 9.17) is 11.6 Å². The molecule has 1 N–H and O–H groups in total. The van der Waals surface area contributed by atoms with Crippen molar-refractivity contribution in [2.75, 3.05) is 6.54 Å². The molecule has 1 aromatic heterocycles. The van der Waals surface area contributed by atoms with Gasteiger partial charge < -0.3 is 5.32 Å². The molecule has 0 unspecified atom stereocenters. The summed E-state index contributed by atoms with van der Waals surface area (Å²) in [5.41, 5.74) is 1.87. The summed E-state index contributed by atoms with van der Waals surface area (Å²) >= 11 is 5.97. The maximum atomic E-state index is 12.1. The Hall–Kier alpha value is -1.09. The molecule has 0 atom stereocenters. The van der Waals surface area contributed by atoms with Crippen LogP contribution in [0.5, 0.6) is 0 Å². The maximum absolute atomic E-state index is 12.1. The second-order valence-electron chi connectivity index (χ2n) is 5.46. The molecule has 19 heavy (non-hydrogen) atoms. The number of nitrogens with zero attached hydrogens (tertiary/aromatic N) is 1. The fourth-order valence-electron chi connectivity index (χ4n) is 2.27. The quantitative estimate of drug-likeness (QED) is 0.809. The zero-order chi connectivity index (χ0) is 13.9. The van der Waals surface area contributed by atoms with E-state index in [2.05, 4.69) is 24.1 Å². The second kappa shape index (κ2) is 5.91. The Morgan fingerprint density at radius 3 is 2.74 bits per heavy atom. The first-order chi connectivity index (χ1) is 9.08. The van der Waals surface area contributed by atoms with Gasteiger partial charge in [0.1, 0.15) is 5.15 Å². The highest BCUT2D eigenvalue weighted by Gasteiger charge is 2.40. The van der Waals surface area contributed by atoms with Gasteiger partial charge >= 0.3 is 0 Å². The smallest absolute Gasteiger partial charge is 0.251 e. The minimum atomic E-state index is -0.0404. The number of aryl methyl sites for hydroxylation is 1. The molecule has 1 saturated carbocycles. The van der Waals surface area contributed by atoms with Gasteiger partial charge in [-0.2, -0.15) is 0 Å². The maximum Gasteiger partial charge on any atom is 0.251 e. The molecule has 0 saturated heterocycles. The first-order valence-electron chi connectivity index (χ1n) is 7.03. The summed E-state index contributed by atoms with van der Waals surface area (Å²) in [7, 11) is 0. The van der Waals surface area contributed by atoms with Crippen LogP contribution in [0.2, 0.25) is 5.15 Å². The van der Waals surface area contributed by atoms with E-state index in [1.54, 1.807) is 6.07 Å². The van der Waals surface area contributed by atoms with E-state index in [0.717, 1.165) is 31.5 Å². The van der Waals surface area contributed by atoms with Crippen molar-refractivity contribution < 1.29 is 4.79 Å². The molecule has 0 aromatic carbocycles. The van der Waals surface area contributed by atoms with Crippen molar-refractivity contribution in [3.63, 3.8) is 0 Å². The molecule has 4 heteroatoms. The van der Waals surface area contributed by atoms with Gasteiger partial charge in [-0.25, -0.2) is 4.98 Å². The number of carbonyl (C=O) groups excluding carboxylic acids is 1. The van der Waals surface area contributed by atoms with Gasteiger partial charge in [0.05, 0.1) is 0 Å². The molecule has 1 aliphatic rings. The zero-order valence-corrected chi connectivity index (χ0v) is 12.4. The van der Waals surface area contributed by atoms with Crippen LogP contribution < -0.4 is 5.32 Å². The van der Waals surface area contributed by atoms with Gasteiger partial charge in [-0.3, -0.25) is 4.79 Å². The minimum absolute atomic E-state index is 0.0404. The first kappa shape index (κ1) is 14.3. The van der Waals surface area contributed by atoms with E-state index in [1.165, 1.54) is 12.8 Å². The van der Waals surface area contributed by atoms with Crippen molar-refractivity contribution in [3.8, 4) is 0 Å². The van der Waals surface area contributed by atoms with Gasteiger partial charge in [-0.15, -0.1) is 0 Å². The van der Waals surface area contributed by atoms with Crippen molar-refractivity contribution in [2.45, 2.75) is 46.0 Å². The van der Waals surface area contributed by atoms with E-state index < -0.39 is 0 Å². The molecular formula is C15H21ClN2O. The van der Waals surface area contributed by atoms with Crippen LogP contribution >= 0.6 is 11.6 Å². The third-order valence-electron chi connectivity index (χ3n) is 3.95. The molecule has 1 aliphatic carbocycles. The number of hydrogen-bond acceptors (Lipinski definition) is 2. The summed E-state index contributed by atoms with van der Waals surface area (Å²) < 4.78 is 0. The molecule has 0 bridgehead atoms. The van der Waals surface area contributed by atoms with E-state index in [-0.39, 0.29) is 5.91 Å². The van der Waals surface area contributed by atoms with Crippen LogP contribution in [0.25, 0.3) is 0 Å². The molecule has 3 nitrogen and oxygen atoms in total. The summed E-state index contributed by atoms with van der Waals surface area (Å²) in [4.78, 5) is 16.4. The molecule has 1 aromatic rings. The highest BCUT2D eigenvalue weighted by Crippen LogP contribution is 2.47. The first-order valence-corrected chi connectivity index (χ1v) is 7.41. The van der Waals surface area contributed by atoms with Gasteiger partial charge in [0, 0.05) is 17.8 Å². The van der Waals surface area contributed by atoms with Crippen LogP contribution in [-0.4, -0.2) is 17.4 Å². The predicted octanol–water partition coefficient (Wildman–Crippen LogP) is 3.61. The fourth-order valence-corrected chi connectivity index (χ4v) is 2.49. The molecule has 1 fully saturated rings. The Kier molecular flexibility index (Phi) is 4.46. The lowest BCUT2D eigenvalue weighted by Crippen LogP contribution is -2.30. The second-order valence-corrected chi connectivity index (χ2v) is 5.84. The monoisotopic (exact) mass is 280 g/mol. The Labute approximate surface area is 119 Å². The molecule has 104 valence electrons. The minimum Gasteiger partial charge on any atom is -0.351 e. The van der Waals surface area contributed by atoms with E-state index >= 15 is 0 Å². The van der Waals surface area contributed by atoms with Crippen LogP contribution in [0.15, 0.2) is 12.1 Å². The van der Waals surface area contributed by atoms with Crippen molar-refractivity contribution in [2.24, 2.45) is 5.41 Å². The van der Waals surface area contributed by atoms with Gasteiger partial charge in [0.25, 0.3) is 5.91 Å². The Bertz CT molecular complexity index is 469. The highest BCUT2D eigenvalue weighted by atomic mass is 35.5. The van der Waals surface area contributed by atoms with Crippen molar-refractivity contribution >= 4 is 17.5 Å². The summed E-state index contributed by atoms with van der Waals surface area (Å²) in [6.07, 6.45) is 5.42. The van der Waals surface area contributed by atoms with Crippen LogP contribution in [0.4, 0.5) is 0 Å². The molecule has 0 aliphatic heterocycles. The average molecular weight is 281 g/mol. The predicted molar refractivity (Wildman–Crippen MR) is 77.5 cm³/mol. The number of aromatic nitrogens is 1. The van der Waals surface area contributed by atoms with Crippen LogP contribution in [-0.2, 0) is 6.42 Å². The van der Waals surface area contributed by atoms with Gasteiger partial charge in [-0.05, 0) is 43.2 Å². The third kappa shape index (κ3) is 3.69. The third-order valence-corrected chi connectivity index (χ3v) is 4.14. The fraction of sp³-hybridized carbons (Fsp3) is 0.600. The molecule has 0 radical (unpaired) electrons. The van der Waals surface area contributed by atoms with Crippen molar-refractivity contribution in [1.82, 2.24) is 10.3 Å². The lowest BCUT2D eigenvalue weighted by molar-refractivity contribution is 0.0944. The highest BCUT2D eigenvalue weighted by molar-refractivity contribution is 6.29. The Morgan fingerprint density at radius 1 is 1.42 bits per heavy atom. The van der Waals surface area contributed by atoms with Crippen LogP contribution in [0, 0.1) is 5.41 Å². The van der Waals surface area contributed by atoms with Gasteiger partial charge in [0.15, 0.2) is 0 Å². The normalized spacial score (nSPS) is 16.2. The van der Waals surface area contributed by atoms with Crippen molar-refractivity contribution in [1.29, 1.82) is 0 Å². The Balaban J connectivity index is 2.01. The van der Waals surface area contributed by atoms with E-state index in [0.29, 0.717) is 16.1 Å². The number of nitrogens with one attached hydrogen (secondary N) is 1. The number of pyridine rings is 1. The van der Waals surface area contributed by atoms with Gasteiger partial charge in [-0.1, -0.05) is 31.9 Å². The number of carbonyl (C=O) groups is 1. The number of amides is 1. The van der Waals surface area contributed by atoms with E-state index in [9.17, 15) is 4.79 Å². The summed E-state index contributed by atoms with van der Waals surface area (Å²) in [6.45, 7) is 5.04. The summed E-state index contributed by atoms with van der Waals surface area (Å²) in [6, 6.07) is 3.48. The lowest BCUT2D eigenvalue weighted by atomic mass is 10.0. The topological polar surface area (TPSA) is 42.0 Å². The van der Waals surface area contributed by atoms with Crippen molar-refractivity contribution in [3.05, 3.63) is 28.5 Å². The zero-order valence-electron chi connectivity index (χ0n) is 11.6. The molecular weight excluding hydrogens is 260 g/mol. The standard InChI is InChI=1S/C15H21ClN2O/c1-3-5-12-8-11(9-13(16)18-12)14(19)17-10-15(4-2)6-7-15/h8-9H,3-7,10H2,1-2H3,(H,17,19). The Morgan fingerprint density at radius 2 is 2.16 bits per heavy atom. The number of halogens is 1. The molecule has 2 rings (SSSR count). The lowest BCUT2D eigenvalue weighted by Gasteiger charge is -2.13. The number of rotatable bonds is 6. The van der Waals surface area contributed by atoms with Crippen LogP contribution in [0.3, 0.4) is 0 Å². The van der Waals surface area contributed by atoms with E-state index in [1.807, 2.05) is 6.07 Å².